The van der Waals surface area contributed by atoms with Crippen LogP contribution in [0.2, 0.25) is 0 Å². The van der Waals surface area contributed by atoms with Gasteiger partial charge >= 0.3 is 0 Å². The normalized spacial score (nSPS) is 11.1. The van der Waals surface area contributed by atoms with Crippen LogP contribution in [-0.4, -0.2) is 25.8 Å². The largest absolute Gasteiger partial charge is 0.324 e. The molecule has 3 rings (SSSR count). The van der Waals surface area contributed by atoms with Gasteiger partial charge < -0.3 is 5.32 Å². The number of rotatable bonds is 8. The summed E-state index contributed by atoms with van der Waals surface area (Å²) < 4.78 is 28.0. The van der Waals surface area contributed by atoms with Crippen molar-refractivity contribution in [2.45, 2.75) is 25.2 Å². The van der Waals surface area contributed by atoms with Gasteiger partial charge in [-0.05, 0) is 42.7 Å². The van der Waals surface area contributed by atoms with Crippen LogP contribution < -0.4 is 9.62 Å². The lowest BCUT2D eigenvalue weighted by molar-refractivity contribution is -0.384. The number of nitrogens with zero attached hydrogens (tertiary/aromatic N) is 2. The Morgan fingerprint density at radius 1 is 1.03 bits per heavy atom. The Labute approximate surface area is 186 Å². The fraction of sp³-hybridized carbons (Fsp3) is 0.174. The highest BCUT2D eigenvalue weighted by atomic mass is 32.2. The Morgan fingerprint density at radius 2 is 1.69 bits per heavy atom. The van der Waals surface area contributed by atoms with E-state index >= 15 is 0 Å². The Balaban J connectivity index is 1.99. The van der Waals surface area contributed by atoms with Crippen molar-refractivity contribution < 1.29 is 18.1 Å². The minimum absolute atomic E-state index is 0.0604. The number of para-hydroxylation sites is 1. The lowest BCUT2D eigenvalue weighted by atomic mass is 10.1. The molecule has 0 atom stereocenters. The molecule has 3 aromatic carbocycles. The van der Waals surface area contributed by atoms with Crippen LogP contribution in [0.4, 0.5) is 17.1 Å². The second kappa shape index (κ2) is 9.61. The lowest BCUT2D eigenvalue weighted by Gasteiger charge is -2.26. The van der Waals surface area contributed by atoms with E-state index in [1.165, 1.54) is 30.3 Å². The molecule has 1 amide bonds. The maximum atomic E-state index is 13.5. The average Bonchev–Trinajstić information content (AvgIpc) is 2.79. The fourth-order valence-electron chi connectivity index (χ4n) is 3.25. The monoisotopic (exact) mass is 453 g/mol. The van der Waals surface area contributed by atoms with Crippen LogP contribution in [0.25, 0.3) is 0 Å². The lowest BCUT2D eigenvalue weighted by Crippen LogP contribution is -2.38. The maximum Gasteiger partial charge on any atom is 0.271 e. The predicted octanol–water partition coefficient (Wildman–Crippen LogP) is 4.30. The molecule has 32 heavy (non-hydrogen) atoms. The van der Waals surface area contributed by atoms with Crippen molar-refractivity contribution in [1.29, 1.82) is 0 Å². The zero-order chi connectivity index (χ0) is 23.3. The van der Waals surface area contributed by atoms with Crippen LogP contribution in [0.1, 0.15) is 18.1 Å². The van der Waals surface area contributed by atoms with E-state index in [1.54, 1.807) is 37.3 Å². The molecule has 8 nitrogen and oxygen atoms in total. The first-order valence-corrected chi connectivity index (χ1v) is 11.4. The number of nitrogens with one attached hydrogen (secondary N) is 1. The van der Waals surface area contributed by atoms with Gasteiger partial charge in [-0.2, -0.15) is 0 Å². The Hall–Kier alpha value is -3.72. The number of amides is 1. The van der Waals surface area contributed by atoms with Crippen molar-refractivity contribution >= 4 is 33.0 Å². The molecule has 0 aliphatic carbocycles. The number of benzene rings is 3. The van der Waals surface area contributed by atoms with Gasteiger partial charge in [-0.15, -0.1) is 0 Å². The van der Waals surface area contributed by atoms with Gasteiger partial charge in [0.2, 0.25) is 5.91 Å². The SMILES string of the molecule is CCc1ccccc1N(CC(=O)Nc1cc([N+](=O)[O-])ccc1C)S(=O)(=O)c1ccccc1. The number of carbonyl (C=O) groups excluding carboxylic acids is 1. The average molecular weight is 454 g/mol. The molecule has 0 spiro atoms. The topological polar surface area (TPSA) is 110 Å². The van der Waals surface area contributed by atoms with E-state index in [0.29, 0.717) is 17.7 Å². The quantitative estimate of drug-likeness (QED) is 0.404. The van der Waals surface area contributed by atoms with E-state index in [9.17, 15) is 23.3 Å². The summed E-state index contributed by atoms with van der Waals surface area (Å²) in [6.07, 6.45) is 0.572. The first-order valence-electron chi connectivity index (χ1n) is 9.94. The summed E-state index contributed by atoms with van der Waals surface area (Å²) in [6.45, 7) is 3.11. The van der Waals surface area contributed by atoms with Gasteiger partial charge in [0.25, 0.3) is 15.7 Å². The smallest absolute Gasteiger partial charge is 0.271 e. The summed E-state index contributed by atoms with van der Waals surface area (Å²) in [5.74, 6) is -0.612. The molecule has 0 radical (unpaired) electrons. The third-order valence-corrected chi connectivity index (χ3v) is 6.74. The van der Waals surface area contributed by atoms with Crippen LogP contribution in [0.5, 0.6) is 0 Å². The molecular formula is C23H23N3O5S. The molecule has 9 heteroatoms. The van der Waals surface area contributed by atoms with E-state index in [4.69, 9.17) is 0 Å². The van der Waals surface area contributed by atoms with Crippen LogP contribution in [0.3, 0.4) is 0 Å². The molecule has 0 saturated carbocycles. The highest BCUT2D eigenvalue weighted by Crippen LogP contribution is 2.28. The maximum absolute atomic E-state index is 13.5. The number of sulfonamides is 1. The van der Waals surface area contributed by atoms with Gasteiger partial charge in [0.05, 0.1) is 21.2 Å². The highest BCUT2D eigenvalue weighted by molar-refractivity contribution is 7.92. The first-order chi connectivity index (χ1) is 15.2. The minimum atomic E-state index is -4.04. The number of anilines is 2. The number of hydrogen-bond acceptors (Lipinski definition) is 5. The molecule has 0 fully saturated rings. The third kappa shape index (κ3) is 4.94. The number of non-ortho nitro benzene ring substituents is 1. The number of nitro groups is 1. The van der Waals surface area contributed by atoms with E-state index in [2.05, 4.69) is 5.32 Å². The summed E-state index contributed by atoms with van der Waals surface area (Å²) in [4.78, 5) is 23.5. The van der Waals surface area contributed by atoms with E-state index in [-0.39, 0.29) is 16.3 Å². The molecule has 0 saturated heterocycles. The van der Waals surface area contributed by atoms with Crippen molar-refractivity contribution in [3.05, 3.63) is 94.0 Å². The van der Waals surface area contributed by atoms with Gasteiger partial charge in [0, 0.05) is 12.1 Å². The van der Waals surface area contributed by atoms with E-state index in [1.807, 2.05) is 19.1 Å². The second-order valence-electron chi connectivity index (χ2n) is 7.11. The molecular weight excluding hydrogens is 430 g/mol. The van der Waals surface area contributed by atoms with Crippen molar-refractivity contribution in [1.82, 2.24) is 0 Å². The summed E-state index contributed by atoms with van der Waals surface area (Å²) in [6, 6.07) is 19.0. The van der Waals surface area contributed by atoms with E-state index < -0.39 is 27.4 Å². The Kier molecular flexibility index (Phi) is 6.89. The molecule has 3 aromatic rings. The van der Waals surface area contributed by atoms with Gasteiger partial charge in [-0.1, -0.05) is 49.4 Å². The molecule has 1 N–H and O–H groups in total. The van der Waals surface area contributed by atoms with Crippen LogP contribution in [0, 0.1) is 17.0 Å². The molecule has 166 valence electrons. The van der Waals surface area contributed by atoms with Gasteiger partial charge in [-0.25, -0.2) is 8.42 Å². The van der Waals surface area contributed by atoms with Crippen molar-refractivity contribution in [2.24, 2.45) is 0 Å². The summed E-state index contributed by atoms with van der Waals surface area (Å²) in [5, 5.41) is 13.7. The fourth-order valence-corrected chi connectivity index (χ4v) is 4.73. The van der Waals surface area contributed by atoms with Crippen molar-refractivity contribution in [3.8, 4) is 0 Å². The Morgan fingerprint density at radius 3 is 2.34 bits per heavy atom. The van der Waals surface area contributed by atoms with Crippen LogP contribution in [-0.2, 0) is 21.2 Å². The van der Waals surface area contributed by atoms with Gasteiger partial charge in [0.1, 0.15) is 6.54 Å². The summed E-state index contributed by atoms with van der Waals surface area (Å²) in [7, 11) is -4.04. The van der Waals surface area contributed by atoms with Gasteiger partial charge in [0.15, 0.2) is 0 Å². The molecule has 0 aliphatic rings. The standard InChI is InChI=1S/C23H23N3O5S/c1-3-18-9-7-8-12-22(18)25(32(30,31)20-10-5-4-6-11-20)16-23(27)24-21-15-19(26(28)29)14-13-17(21)2/h4-15H,3,16H2,1-2H3,(H,24,27). The first kappa shape index (κ1) is 23.0. The molecule has 0 bridgehead atoms. The van der Waals surface area contributed by atoms with Crippen LogP contribution >= 0.6 is 0 Å². The number of carbonyl (C=O) groups is 1. The minimum Gasteiger partial charge on any atom is -0.324 e. The number of nitro benzene ring substituents is 1. The zero-order valence-electron chi connectivity index (χ0n) is 17.7. The number of hydrogen-bond donors (Lipinski definition) is 1. The second-order valence-corrected chi connectivity index (χ2v) is 8.97. The van der Waals surface area contributed by atoms with Crippen molar-refractivity contribution in [3.63, 3.8) is 0 Å². The number of aryl methyl sites for hydroxylation is 2. The Bertz CT molecular complexity index is 1240. The highest BCUT2D eigenvalue weighted by Gasteiger charge is 2.28. The summed E-state index contributed by atoms with van der Waals surface area (Å²) >= 11 is 0. The van der Waals surface area contributed by atoms with Crippen LogP contribution in [0.15, 0.2) is 77.7 Å². The zero-order valence-corrected chi connectivity index (χ0v) is 18.5. The molecule has 0 aliphatic heterocycles. The third-order valence-electron chi connectivity index (χ3n) is 4.97. The summed E-state index contributed by atoms with van der Waals surface area (Å²) in [5.41, 5.74) is 1.88. The van der Waals surface area contributed by atoms with Crippen molar-refractivity contribution in [2.75, 3.05) is 16.2 Å². The van der Waals surface area contributed by atoms with E-state index in [0.717, 1.165) is 9.87 Å². The van der Waals surface area contributed by atoms with Gasteiger partial charge in [-0.3, -0.25) is 19.2 Å². The molecule has 0 aromatic heterocycles. The molecule has 0 heterocycles. The predicted molar refractivity (Wildman–Crippen MR) is 123 cm³/mol. The molecule has 0 unspecified atom stereocenters.